The molecule has 0 aromatic heterocycles. The van der Waals surface area contributed by atoms with Crippen molar-refractivity contribution in [1.82, 2.24) is 9.80 Å². The van der Waals surface area contributed by atoms with E-state index in [1.54, 1.807) is 23.1 Å². The molecule has 5 rings (SSSR count). The van der Waals surface area contributed by atoms with Crippen LogP contribution in [0.5, 0.6) is 0 Å². The molecule has 1 fully saturated rings. The molecule has 3 aromatic carbocycles. The zero-order valence-corrected chi connectivity index (χ0v) is 23.1. The predicted molar refractivity (Wildman–Crippen MR) is 157 cm³/mol. The Morgan fingerprint density at radius 1 is 0.925 bits per heavy atom. The van der Waals surface area contributed by atoms with Crippen LogP contribution in [0.3, 0.4) is 0 Å². The van der Waals surface area contributed by atoms with Gasteiger partial charge in [-0.15, -0.1) is 0 Å². The normalized spacial score (nSPS) is 16.7. The molecule has 0 unspecified atom stereocenters. The number of nitrogens with one attached hydrogen (secondary N) is 1. The average molecular weight is 539 g/mol. The number of nitrogens with zero attached hydrogens (tertiary/aromatic N) is 3. The second-order valence-electron chi connectivity index (χ2n) is 10.3. The van der Waals surface area contributed by atoms with Crippen molar-refractivity contribution < 1.29 is 19.1 Å². The highest BCUT2D eigenvalue weighted by atomic mass is 16.5. The molecule has 206 valence electrons. The van der Waals surface area contributed by atoms with E-state index in [1.807, 2.05) is 61.6 Å². The molecule has 2 amide bonds. The summed E-state index contributed by atoms with van der Waals surface area (Å²) in [5.41, 5.74) is 5.98. The van der Waals surface area contributed by atoms with Crippen molar-refractivity contribution in [1.29, 1.82) is 0 Å². The number of hydrogen-bond acceptors (Lipinski definition) is 6. The number of rotatable bonds is 7. The molecule has 8 nitrogen and oxygen atoms in total. The first-order valence-corrected chi connectivity index (χ1v) is 13.4. The Morgan fingerprint density at radius 2 is 1.62 bits per heavy atom. The monoisotopic (exact) mass is 538 g/mol. The molecule has 2 aliphatic heterocycles. The maximum Gasteiger partial charge on any atom is 0.337 e. The fourth-order valence-corrected chi connectivity index (χ4v) is 5.18. The number of hydrogen-bond donors (Lipinski definition) is 1. The lowest BCUT2D eigenvalue weighted by Gasteiger charge is -2.32. The molecule has 0 spiro atoms. The molecule has 0 atom stereocenters. The van der Waals surface area contributed by atoms with Crippen molar-refractivity contribution in [2.24, 2.45) is 0 Å². The smallest absolute Gasteiger partial charge is 0.337 e. The third-order valence-electron chi connectivity index (χ3n) is 7.64. The van der Waals surface area contributed by atoms with Gasteiger partial charge in [0.05, 0.1) is 24.8 Å². The van der Waals surface area contributed by atoms with E-state index >= 15 is 0 Å². The van der Waals surface area contributed by atoms with Gasteiger partial charge in [-0.25, -0.2) is 4.79 Å². The van der Waals surface area contributed by atoms with Gasteiger partial charge in [-0.3, -0.25) is 14.5 Å². The standard InChI is InChI=1S/C32H34N4O4/c1-34-15-17-36(18-16-34)21-29(37)35(2)25-12-9-22(10-13-25)19-27(23-7-5-4-6-8-23)30-26-14-11-24(32(39)40-3)20-28(26)33-31(30)38/h4-14,20H,15-19,21H2,1-3H3,(H,33,38)/b30-27+. The number of allylic oxidation sites excluding steroid dienone is 1. The quantitative estimate of drug-likeness (QED) is 0.364. The Morgan fingerprint density at radius 3 is 2.30 bits per heavy atom. The molecule has 2 heterocycles. The summed E-state index contributed by atoms with van der Waals surface area (Å²) >= 11 is 0. The number of ether oxygens (including phenoxy) is 1. The van der Waals surface area contributed by atoms with Gasteiger partial charge >= 0.3 is 5.97 Å². The predicted octanol–water partition coefficient (Wildman–Crippen LogP) is 3.79. The van der Waals surface area contributed by atoms with E-state index in [0.29, 0.717) is 29.8 Å². The van der Waals surface area contributed by atoms with Gasteiger partial charge in [-0.1, -0.05) is 48.5 Å². The highest BCUT2D eigenvalue weighted by Crippen LogP contribution is 2.39. The van der Waals surface area contributed by atoms with Crippen LogP contribution in [0.2, 0.25) is 0 Å². The van der Waals surface area contributed by atoms with Gasteiger partial charge in [0.25, 0.3) is 5.91 Å². The summed E-state index contributed by atoms with van der Waals surface area (Å²) in [6, 6.07) is 22.9. The minimum absolute atomic E-state index is 0.0648. The van der Waals surface area contributed by atoms with E-state index in [0.717, 1.165) is 54.1 Å². The number of carbonyl (C=O) groups excluding carboxylic acids is 3. The van der Waals surface area contributed by atoms with Crippen LogP contribution >= 0.6 is 0 Å². The third-order valence-corrected chi connectivity index (χ3v) is 7.64. The number of piperazine rings is 1. The van der Waals surface area contributed by atoms with Gasteiger partial charge in [-0.2, -0.15) is 0 Å². The first kappa shape index (κ1) is 27.3. The van der Waals surface area contributed by atoms with Gasteiger partial charge in [0.15, 0.2) is 0 Å². The lowest BCUT2D eigenvalue weighted by molar-refractivity contribution is -0.119. The maximum atomic E-state index is 13.3. The van der Waals surface area contributed by atoms with Crippen LogP contribution in [0.15, 0.2) is 72.8 Å². The van der Waals surface area contributed by atoms with Crippen molar-refractivity contribution in [3.63, 3.8) is 0 Å². The van der Waals surface area contributed by atoms with Gasteiger partial charge in [0.1, 0.15) is 0 Å². The molecule has 8 heteroatoms. The Balaban J connectivity index is 1.40. The highest BCUT2D eigenvalue weighted by molar-refractivity contribution is 6.37. The number of methoxy groups -OCH3 is 1. The molecule has 2 aliphatic rings. The summed E-state index contributed by atoms with van der Waals surface area (Å²) < 4.78 is 4.84. The fraction of sp³-hybridized carbons (Fsp3) is 0.281. The van der Waals surface area contributed by atoms with Crippen LogP contribution in [0.4, 0.5) is 11.4 Å². The number of fused-ring (bicyclic) bond motifs is 1. The van der Waals surface area contributed by atoms with Gasteiger partial charge in [-0.05, 0) is 54.4 Å². The van der Waals surface area contributed by atoms with Crippen molar-refractivity contribution in [2.45, 2.75) is 6.42 Å². The summed E-state index contributed by atoms with van der Waals surface area (Å²) in [6.45, 7) is 4.14. The Kier molecular flexibility index (Phi) is 8.09. The van der Waals surface area contributed by atoms with Crippen LogP contribution in [0.1, 0.15) is 27.0 Å². The molecular weight excluding hydrogens is 504 g/mol. The van der Waals surface area contributed by atoms with Crippen LogP contribution < -0.4 is 10.2 Å². The summed E-state index contributed by atoms with van der Waals surface area (Å²) in [4.78, 5) is 44.4. The number of amides is 2. The van der Waals surface area contributed by atoms with Gasteiger partial charge in [0, 0.05) is 50.2 Å². The molecule has 0 radical (unpaired) electrons. The summed E-state index contributed by atoms with van der Waals surface area (Å²) in [5, 5.41) is 2.92. The van der Waals surface area contributed by atoms with E-state index < -0.39 is 5.97 Å². The van der Waals surface area contributed by atoms with Crippen molar-refractivity contribution in [2.75, 3.05) is 64.1 Å². The number of likely N-dealkylation sites (N-methyl/N-ethyl adjacent to an activating group) is 2. The van der Waals surface area contributed by atoms with Gasteiger partial charge < -0.3 is 19.9 Å². The number of carbonyl (C=O) groups is 3. The molecule has 3 aromatic rings. The zero-order valence-electron chi connectivity index (χ0n) is 23.1. The number of anilines is 2. The minimum Gasteiger partial charge on any atom is -0.465 e. The molecule has 0 aliphatic carbocycles. The molecule has 0 bridgehead atoms. The second-order valence-corrected chi connectivity index (χ2v) is 10.3. The van der Waals surface area contributed by atoms with E-state index in [2.05, 4.69) is 22.2 Å². The molecular formula is C32H34N4O4. The SMILES string of the molecule is COC(=O)c1ccc2c(c1)NC(=O)/C2=C(\Cc1ccc(N(C)C(=O)CN2CCN(C)CC2)cc1)c1ccccc1. The van der Waals surface area contributed by atoms with E-state index in [4.69, 9.17) is 4.74 Å². The van der Waals surface area contributed by atoms with Crippen molar-refractivity contribution >= 4 is 40.3 Å². The molecule has 1 saturated heterocycles. The van der Waals surface area contributed by atoms with Crippen LogP contribution in [0.25, 0.3) is 11.1 Å². The van der Waals surface area contributed by atoms with Gasteiger partial charge in [0.2, 0.25) is 5.91 Å². The van der Waals surface area contributed by atoms with Crippen molar-refractivity contribution in [3.05, 3.63) is 95.1 Å². The minimum atomic E-state index is -0.454. The Bertz CT molecular complexity index is 1440. The third kappa shape index (κ3) is 5.83. The lowest BCUT2D eigenvalue weighted by Crippen LogP contribution is -2.48. The second kappa shape index (κ2) is 11.9. The van der Waals surface area contributed by atoms with E-state index in [9.17, 15) is 14.4 Å². The molecule has 0 saturated carbocycles. The van der Waals surface area contributed by atoms with Crippen LogP contribution in [-0.2, 0) is 20.7 Å². The topological polar surface area (TPSA) is 82.2 Å². The largest absolute Gasteiger partial charge is 0.465 e. The average Bonchev–Trinajstić information content (AvgIpc) is 3.31. The number of esters is 1. The van der Waals surface area contributed by atoms with E-state index in [1.165, 1.54) is 7.11 Å². The van der Waals surface area contributed by atoms with Crippen molar-refractivity contribution in [3.8, 4) is 0 Å². The lowest BCUT2D eigenvalue weighted by atomic mass is 9.90. The molecule has 40 heavy (non-hydrogen) atoms. The first-order valence-electron chi connectivity index (χ1n) is 13.4. The van der Waals surface area contributed by atoms with Crippen LogP contribution in [0, 0.1) is 0 Å². The summed E-state index contributed by atoms with van der Waals surface area (Å²) in [5.74, 6) is -0.596. The highest BCUT2D eigenvalue weighted by Gasteiger charge is 2.29. The molecule has 1 N–H and O–H groups in total. The maximum absolute atomic E-state index is 13.3. The number of benzene rings is 3. The van der Waals surface area contributed by atoms with E-state index in [-0.39, 0.29) is 11.8 Å². The first-order chi connectivity index (χ1) is 19.3. The zero-order chi connectivity index (χ0) is 28.2. The Hall–Kier alpha value is -4.27. The van der Waals surface area contributed by atoms with Crippen LogP contribution in [-0.4, -0.2) is 81.5 Å². The Labute approximate surface area is 234 Å². The summed E-state index contributed by atoms with van der Waals surface area (Å²) in [6.07, 6.45) is 0.518. The fourth-order valence-electron chi connectivity index (χ4n) is 5.18. The summed E-state index contributed by atoms with van der Waals surface area (Å²) in [7, 11) is 5.25.